The smallest absolute Gasteiger partial charge is 0.224 e. The van der Waals surface area contributed by atoms with Crippen molar-refractivity contribution in [1.82, 2.24) is 0 Å². The van der Waals surface area contributed by atoms with Crippen LogP contribution in [-0.2, 0) is 4.79 Å². The Morgan fingerprint density at radius 3 is 2.30 bits per heavy atom. The summed E-state index contributed by atoms with van der Waals surface area (Å²) in [5, 5.41) is 2.82. The minimum Gasteiger partial charge on any atom is -0.326 e. The monoisotopic (exact) mass is 309 g/mol. The van der Waals surface area contributed by atoms with E-state index in [1.54, 1.807) is 0 Å². The molecule has 0 radical (unpaired) electrons. The van der Waals surface area contributed by atoms with Gasteiger partial charge < -0.3 is 5.32 Å². The van der Waals surface area contributed by atoms with Crippen LogP contribution in [0, 0.1) is 6.92 Å². The van der Waals surface area contributed by atoms with Crippen molar-refractivity contribution in [3.05, 3.63) is 65.2 Å². The number of anilines is 1. The summed E-state index contributed by atoms with van der Waals surface area (Å²) < 4.78 is 0. The van der Waals surface area contributed by atoms with Gasteiger partial charge in [-0.15, -0.1) is 0 Å². The molecule has 0 saturated carbocycles. The van der Waals surface area contributed by atoms with Crippen molar-refractivity contribution in [3.63, 3.8) is 0 Å². The second-order valence-corrected chi connectivity index (χ2v) is 6.12. The van der Waals surface area contributed by atoms with Gasteiger partial charge in [0.05, 0.1) is 0 Å². The van der Waals surface area contributed by atoms with Crippen molar-refractivity contribution < 1.29 is 9.59 Å². The Bertz CT molecular complexity index is 687. The van der Waals surface area contributed by atoms with Crippen LogP contribution in [0.1, 0.15) is 54.1 Å². The predicted octanol–water partition coefficient (Wildman–Crippen LogP) is 4.72. The van der Waals surface area contributed by atoms with Gasteiger partial charge in [-0.05, 0) is 36.1 Å². The van der Waals surface area contributed by atoms with Crippen molar-refractivity contribution in [2.45, 2.75) is 39.5 Å². The number of benzene rings is 2. The van der Waals surface area contributed by atoms with Crippen LogP contribution in [0.2, 0.25) is 0 Å². The van der Waals surface area contributed by atoms with E-state index in [0.717, 1.165) is 11.3 Å². The normalized spacial score (nSPS) is 10.6. The average molecular weight is 309 g/mol. The minimum absolute atomic E-state index is 0.000279. The summed E-state index contributed by atoms with van der Waals surface area (Å²) in [6.07, 6.45) is 0.414. The molecule has 2 aromatic carbocycles. The Kier molecular flexibility index (Phi) is 5.69. The first kappa shape index (κ1) is 16.9. The molecule has 0 aliphatic heterocycles. The number of nitrogens with one attached hydrogen (secondary N) is 1. The van der Waals surface area contributed by atoms with E-state index in [2.05, 4.69) is 19.2 Å². The maximum absolute atomic E-state index is 12.2. The zero-order chi connectivity index (χ0) is 16.8. The fourth-order valence-corrected chi connectivity index (χ4v) is 2.37. The molecule has 0 aliphatic carbocycles. The van der Waals surface area contributed by atoms with Gasteiger partial charge in [-0.1, -0.05) is 50.2 Å². The maximum atomic E-state index is 12.2. The standard InChI is InChI=1S/C20H23NO2/c1-14(2)16-7-9-17(10-8-16)19(22)11-12-20(23)21-18-6-4-5-15(3)13-18/h4-10,13-14H,11-12H2,1-3H3,(H,21,23). The summed E-state index contributed by atoms with van der Waals surface area (Å²) in [4.78, 5) is 24.1. The van der Waals surface area contributed by atoms with Crippen LogP contribution in [0.5, 0.6) is 0 Å². The van der Waals surface area contributed by atoms with Crippen molar-refractivity contribution in [2.24, 2.45) is 0 Å². The van der Waals surface area contributed by atoms with Gasteiger partial charge in [0.25, 0.3) is 0 Å². The fourth-order valence-electron chi connectivity index (χ4n) is 2.37. The molecule has 3 heteroatoms. The van der Waals surface area contributed by atoms with Gasteiger partial charge in [0.2, 0.25) is 5.91 Å². The van der Waals surface area contributed by atoms with Gasteiger partial charge in [0, 0.05) is 24.1 Å². The molecule has 1 amide bonds. The third-order valence-electron chi connectivity index (χ3n) is 3.78. The molecule has 0 aliphatic rings. The lowest BCUT2D eigenvalue weighted by Gasteiger charge is -2.07. The molecular weight excluding hydrogens is 286 g/mol. The minimum atomic E-state index is -0.136. The number of amides is 1. The number of ketones is 1. The van der Waals surface area contributed by atoms with Crippen LogP contribution >= 0.6 is 0 Å². The fraction of sp³-hybridized carbons (Fsp3) is 0.300. The molecule has 3 nitrogen and oxygen atoms in total. The summed E-state index contributed by atoms with van der Waals surface area (Å²) in [6.45, 7) is 6.21. The molecule has 23 heavy (non-hydrogen) atoms. The zero-order valence-electron chi connectivity index (χ0n) is 13.9. The Hall–Kier alpha value is -2.42. The molecule has 2 rings (SSSR count). The number of rotatable bonds is 6. The highest BCUT2D eigenvalue weighted by atomic mass is 16.2. The molecule has 120 valence electrons. The molecule has 0 fully saturated rings. The molecule has 0 aromatic heterocycles. The second-order valence-electron chi connectivity index (χ2n) is 6.12. The lowest BCUT2D eigenvalue weighted by molar-refractivity contribution is -0.116. The van der Waals surface area contributed by atoms with Crippen LogP contribution in [0.25, 0.3) is 0 Å². The number of hydrogen-bond acceptors (Lipinski definition) is 2. The summed E-state index contributed by atoms with van der Waals surface area (Å²) in [7, 11) is 0. The van der Waals surface area contributed by atoms with Gasteiger partial charge in [0.1, 0.15) is 0 Å². The first-order valence-corrected chi connectivity index (χ1v) is 7.95. The third kappa shape index (κ3) is 5.06. The van der Waals surface area contributed by atoms with Crippen LogP contribution < -0.4 is 5.32 Å². The average Bonchev–Trinajstić information content (AvgIpc) is 2.52. The first-order chi connectivity index (χ1) is 11.0. The number of hydrogen-bond donors (Lipinski definition) is 1. The van der Waals surface area contributed by atoms with Crippen molar-refractivity contribution in [3.8, 4) is 0 Å². The van der Waals surface area contributed by atoms with E-state index in [4.69, 9.17) is 0 Å². The van der Waals surface area contributed by atoms with Crippen molar-refractivity contribution in [1.29, 1.82) is 0 Å². The summed E-state index contributed by atoms with van der Waals surface area (Å²) in [5.41, 5.74) is 3.73. The van der Waals surface area contributed by atoms with Gasteiger partial charge >= 0.3 is 0 Å². The summed E-state index contributed by atoms with van der Waals surface area (Å²) in [6, 6.07) is 15.3. The molecule has 0 atom stereocenters. The molecular formula is C20H23NO2. The highest BCUT2D eigenvalue weighted by Crippen LogP contribution is 2.16. The molecule has 0 bridgehead atoms. The Morgan fingerprint density at radius 1 is 1.00 bits per heavy atom. The largest absolute Gasteiger partial charge is 0.326 e. The van der Waals surface area contributed by atoms with Gasteiger partial charge in [-0.2, -0.15) is 0 Å². The molecule has 0 saturated heterocycles. The first-order valence-electron chi connectivity index (χ1n) is 7.95. The molecule has 2 aromatic rings. The Morgan fingerprint density at radius 2 is 1.70 bits per heavy atom. The van der Waals surface area contributed by atoms with E-state index in [1.807, 2.05) is 55.5 Å². The van der Waals surface area contributed by atoms with Crippen molar-refractivity contribution in [2.75, 3.05) is 5.32 Å². The molecule has 0 heterocycles. The number of aryl methyl sites for hydroxylation is 1. The third-order valence-corrected chi connectivity index (χ3v) is 3.78. The molecule has 0 unspecified atom stereocenters. The van der Waals surface area contributed by atoms with E-state index in [-0.39, 0.29) is 24.5 Å². The highest BCUT2D eigenvalue weighted by molar-refractivity contribution is 6.00. The van der Waals surface area contributed by atoms with Gasteiger partial charge in [-0.25, -0.2) is 0 Å². The van der Waals surface area contributed by atoms with Crippen LogP contribution in [0.3, 0.4) is 0 Å². The maximum Gasteiger partial charge on any atom is 0.224 e. The number of carbonyl (C=O) groups is 2. The van der Waals surface area contributed by atoms with Crippen molar-refractivity contribution >= 4 is 17.4 Å². The summed E-state index contributed by atoms with van der Waals surface area (Å²) >= 11 is 0. The van der Waals surface area contributed by atoms with Crippen LogP contribution in [0.4, 0.5) is 5.69 Å². The van der Waals surface area contributed by atoms with E-state index >= 15 is 0 Å². The number of carbonyl (C=O) groups excluding carboxylic acids is 2. The topological polar surface area (TPSA) is 46.2 Å². The highest BCUT2D eigenvalue weighted by Gasteiger charge is 2.10. The van der Waals surface area contributed by atoms with E-state index < -0.39 is 0 Å². The number of Topliss-reactive ketones (excluding diaryl/α,β-unsaturated/α-hetero) is 1. The Labute approximate surface area is 137 Å². The van der Waals surface area contributed by atoms with E-state index in [0.29, 0.717) is 11.5 Å². The van der Waals surface area contributed by atoms with E-state index in [9.17, 15) is 9.59 Å². The lowest BCUT2D eigenvalue weighted by atomic mass is 9.99. The lowest BCUT2D eigenvalue weighted by Crippen LogP contribution is -2.13. The molecule has 1 N–H and O–H groups in total. The SMILES string of the molecule is Cc1cccc(NC(=O)CCC(=O)c2ccc(C(C)C)cc2)c1. The van der Waals surface area contributed by atoms with Gasteiger partial charge in [-0.3, -0.25) is 9.59 Å². The quantitative estimate of drug-likeness (QED) is 0.785. The second kappa shape index (κ2) is 7.73. The zero-order valence-corrected chi connectivity index (χ0v) is 13.9. The van der Waals surface area contributed by atoms with E-state index in [1.165, 1.54) is 5.56 Å². The van der Waals surface area contributed by atoms with Gasteiger partial charge in [0.15, 0.2) is 5.78 Å². The summed E-state index contributed by atoms with van der Waals surface area (Å²) in [5.74, 6) is 0.307. The Balaban J connectivity index is 1.87. The molecule has 0 spiro atoms. The predicted molar refractivity (Wildman–Crippen MR) is 93.9 cm³/mol. The van der Waals surface area contributed by atoms with Crippen LogP contribution in [-0.4, -0.2) is 11.7 Å². The van der Waals surface area contributed by atoms with Crippen LogP contribution in [0.15, 0.2) is 48.5 Å².